The molecule has 0 bridgehead atoms. The number of nitrogens with two attached hydrogens (primary N) is 1. The van der Waals surface area contributed by atoms with Crippen molar-refractivity contribution in [3.63, 3.8) is 0 Å². The number of rotatable bonds is 3. The lowest BCUT2D eigenvalue weighted by Crippen LogP contribution is -2.27. The fraction of sp³-hybridized carbons (Fsp3) is 0.0714. The van der Waals surface area contributed by atoms with E-state index in [2.05, 4.69) is 0 Å². The van der Waals surface area contributed by atoms with Crippen LogP contribution in [0.15, 0.2) is 47.4 Å². The number of phenolic OH excluding ortho intramolecular Hbond substituents is 1. The predicted octanol–water partition coefficient (Wildman–Crippen LogP) is 1.67. The second-order valence-electron chi connectivity index (χ2n) is 4.36. The molecule has 0 atom stereocenters. The molecule has 108 valence electrons. The lowest BCUT2D eigenvalue weighted by atomic mass is 10.2. The summed E-state index contributed by atoms with van der Waals surface area (Å²) in [5.41, 5.74) is 6.31. The number of hydrogen-bond donors (Lipinski definition) is 2. The lowest BCUT2D eigenvalue weighted by molar-refractivity contribution is 0.475. The van der Waals surface area contributed by atoms with Crippen molar-refractivity contribution in [3.8, 4) is 11.8 Å². The topological polar surface area (TPSA) is 107 Å². The Morgan fingerprint density at radius 3 is 2.52 bits per heavy atom. The number of anilines is 2. The molecule has 0 aliphatic heterocycles. The van der Waals surface area contributed by atoms with E-state index in [1.807, 2.05) is 6.07 Å². The Hall–Kier alpha value is -2.72. The summed E-state index contributed by atoms with van der Waals surface area (Å²) < 4.78 is 26.1. The van der Waals surface area contributed by atoms with E-state index in [4.69, 9.17) is 11.0 Å². The summed E-state index contributed by atoms with van der Waals surface area (Å²) in [6, 6.07) is 11.8. The van der Waals surface area contributed by atoms with Gasteiger partial charge in [-0.2, -0.15) is 5.26 Å². The smallest absolute Gasteiger partial charge is 0.266 e. The highest BCUT2D eigenvalue weighted by molar-refractivity contribution is 7.93. The molecule has 2 aromatic carbocycles. The minimum absolute atomic E-state index is 0.000975. The van der Waals surface area contributed by atoms with Gasteiger partial charge in [0, 0.05) is 13.1 Å². The van der Waals surface area contributed by atoms with Gasteiger partial charge in [-0.1, -0.05) is 6.07 Å². The molecule has 0 fully saturated rings. The molecule has 0 amide bonds. The minimum atomic E-state index is -3.88. The van der Waals surface area contributed by atoms with Crippen molar-refractivity contribution in [2.45, 2.75) is 4.90 Å². The summed E-state index contributed by atoms with van der Waals surface area (Å²) in [6.45, 7) is 0. The molecule has 6 nitrogen and oxygen atoms in total. The molecular weight excluding hydrogens is 290 g/mol. The molecule has 0 saturated carbocycles. The van der Waals surface area contributed by atoms with Crippen LogP contribution in [0.5, 0.6) is 5.75 Å². The second-order valence-corrected chi connectivity index (χ2v) is 6.29. The first kappa shape index (κ1) is 14.7. The van der Waals surface area contributed by atoms with E-state index in [1.165, 1.54) is 37.4 Å². The van der Waals surface area contributed by atoms with Gasteiger partial charge in [-0.25, -0.2) is 8.42 Å². The maximum Gasteiger partial charge on any atom is 0.266 e. The molecule has 21 heavy (non-hydrogen) atoms. The van der Waals surface area contributed by atoms with E-state index in [1.54, 1.807) is 12.1 Å². The van der Waals surface area contributed by atoms with Crippen molar-refractivity contribution in [1.29, 1.82) is 5.26 Å². The molecule has 2 aromatic rings. The fourth-order valence-electron chi connectivity index (χ4n) is 1.83. The zero-order valence-electron chi connectivity index (χ0n) is 11.2. The molecule has 2 rings (SSSR count). The Kier molecular flexibility index (Phi) is 3.74. The van der Waals surface area contributed by atoms with E-state index >= 15 is 0 Å². The highest BCUT2D eigenvalue weighted by atomic mass is 32.2. The zero-order chi connectivity index (χ0) is 15.6. The molecule has 0 aromatic heterocycles. The maximum atomic E-state index is 12.5. The molecule has 0 aliphatic carbocycles. The van der Waals surface area contributed by atoms with E-state index in [0.717, 1.165) is 4.31 Å². The van der Waals surface area contributed by atoms with Gasteiger partial charge in [0.05, 0.1) is 23.0 Å². The van der Waals surface area contributed by atoms with Crippen molar-refractivity contribution in [3.05, 3.63) is 48.0 Å². The number of nitriles is 1. The minimum Gasteiger partial charge on any atom is -0.508 e. The van der Waals surface area contributed by atoms with Crippen LogP contribution >= 0.6 is 0 Å². The molecular formula is C14H13N3O3S. The van der Waals surface area contributed by atoms with Gasteiger partial charge in [-0.05, 0) is 30.3 Å². The Balaban J connectivity index is 2.50. The lowest BCUT2D eigenvalue weighted by Gasteiger charge is -2.20. The molecule has 0 saturated heterocycles. The van der Waals surface area contributed by atoms with Gasteiger partial charge in [0.2, 0.25) is 0 Å². The first-order chi connectivity index (χ1) is 9.86. The Morgan fingerprint density at radius 1 is 1.24 bits per heavy atom. The number of benzene rings is 2. The van der Waals surface area contributed by atoms with E-state index in [9.17, 15) is 13.5 Å². The number of aromatic hydroxyl groups is 1. The summed E-state index contributed by atoms with van der Waals surface area (Å²) in [5.74, 6) is -0.0395. The van der Waals surface area contributed by atoms with Gasteiger partial charge in [0.25, 0.3) is 10.0 Å². The average Bonchev–Trinajstić information content (AvgIpc) is 2.45. The first-order valence-corrected chi connectivity index (χ1v) is 7.38. The van der Waals surface area contributed by atoms with Gasteiger partial charge >= 0.3 is 0 Å². The number of sulfonamides is 1. The third-order valence-electron chi connectivity index (χ3n) is 2.97. The largest absolute Gasteiger partial charge is 0.508 e. The number of nitrogen functional groups attached to an aromatic ring is 1. The average molecular weight is 303 g/mol. The first-order valence-electron chi connectivity index (χ1n) is 5.94. The van der Waals surface area contributed by atoms with Crippen LogP contribution in [0.3, 0.4) is 0 Å². The molecule has 0 spiro atoms. The van der Waals surface area contributed by atoms with Crippen LogP contribution in [0.1, 0.15) is 5.56 Å². The summed E-state index contributed by atoms with van der Waals surface area (Å²) in [5, 5.41) is 18.2. The third kappa shape index (κ3) is 2.75. The Bertz CT molecular complexity index is 826. The van der Waals surface area contributed by atoms with Crippen molar-refractivity contribution in [2.24, 2.45) is 0 Å². The zero-order valence-corrected chi connectivity index (χ0v) is 12.0. The summed E-state index contributed by atoms with van der Waals surface area (Å²) in [7, 11) is -2.51. The summed E-state index contributed by atoms with van der Waals surface area (Å²) in [6.07, 6.45) is 0. The van der Waals surface area contributed by atoms with Gasteiger partial charge in [0.15, 0.2) is 0 Å². The normalized spacial score (nSPS) is 10.9. The number of phenols is 1. The van der Waals surface area contributed by atoms with Gasteiger partial charge in [-0.15, -0.1) is 0 Å². The highest BCUT2D eigenvalue weighted by Crippen LogP contribution is 2.28. The van der Waals surface area contributed by atoms with Gasteiger partial charge in [-0.3, -0.25) is 4.31 Å². The molecule has 0 radical (unpaired) electrons. The van der Waals surface area contributed by atoms with E-state index in [-0.39, 0.29) is 21.9 Å². The molecule has 0 heterocycles. The van der Waals surface area contributed by atoms with Crippen molar-refractivity contribution in [2.75, 3.05) is 17.1 Å². The highest BCUT2D eigenvalue weighted by Gasteiger charge is 2.24. The predicted molar refractivity (Wildman–Crippen MR) is 79.3 cm³/mol. The van der Waals surface area contributed by atoms with Crippen LogP contribution in [0.2, 0.25) is 0 Å². The second kappa shape index (κ2) is 5.34. The summed E-state index contributed by atoms with van der Waals surface area (Å²) in [4.78, 5) is -0.0904. The van der Waals surface area contributed by atoms with Crippen LogP contribution < -0.4 is 10.0 Å². The SMILES string of the molecule is CN(c1cccc(O)c1)S(=O)(=O)c1ccc(C#N)cc1N. The van der Waals surface area contributed by atoms with Crippen LogP contribution in [0.4, 0.5) is 11.4 Å². The van der Waals surface area contributed by atoms with Crippen molar-refractivity contribution in [1.82, 2.24) is 0 Å². The van der Waals surface area contributed by atoms with E-state index in [0.29, 0.717) is 5.69 Å². The van der Waals surface area contributed by atoms with Crippen molar-refractivity contribution < 1.29 is 13.5 Å². The Morgan fingerprint density at radius 2 is 1.95 bits per heavy atom. The number of nitrogens with zero attached hydrogens (tertiary/aromatic N) is 2. The monoisotopic (exact) mass is 303 g/mol. The third-order valence-corrected chi connectivity index (χ3v) is 4.83. The Labute approximate surface area is 122 Å². The molecule has 0 aliphatic rings. The van der Waals surface area contributed by atoms with Gasteiger partial charge in [0.1, 0.15) is 10.6 Å². The molecule has 0 unspecified atom stereocenters. The maximum absolute atomic E-state index is 12.5. The quantitative estimate of drug-likeness (QED) is 0.839. The van der Waals surface area contributed by atoms with Crippen molar-refractivity contribution >= 4 is 21.4 Å². The van der Waals surface area contributed by atoms with Crippen LogP contribution in [0.25, 0.3) is 0 Å². The fourth-order valence-corrected chi connectivity index (χ4v) is 3.11. The van der Waals surface area contributed by atoms with E-state index < -0.39 is 10.0 Å². The molecule has 7 heteroatoms. The van der Waals surface area contributed by atoms with Crippen LogP contribution in [0, 0.1) is 11.3 Å². The van der Waals surface area contributed by atoms with Gasteiger partial charge < -0.3 is 10.8 Å². The molecule has 3 N–H and O–H groups in total. The standard InChI is InChI=1S/C14H13N3O3S/c1-17(11-3-2-4-12(18)8-11)21(19,20)14-6-5-10(9-15)7-13(14)16/h2-8,18H,16H2,1H3. The van der Waals surface area contributed by atoms with Crippen LogP contribution in [-0.2, 0) is 10.0 Å². The van der Waals surface area contributed by atoms with Crippen LogP contribution in [-0.4, -0.2) is 20.6 Å². The summed E-state index contributed by atoms with van der Waals surface area (Å²) >= 11 is 0. The number of hydrogen-bond acceptors (Lipinski definition) is 5.